The Bertz CT molecular complexity index is 410. The van der Waals surface area contributed by atoms with Crippen molar-refractivity contribution in [2.75, 3.05) is 32.7 Å². The molecule has 4 nitrogen and oxygen atoms in total. The third-order valence-electron chi connectivity index (χ3n) is 3.33. The van der Waals surface area contributed by atoms with Gasteiger partial charge in [0.25, 0.3) is 0 Å². The van der Waals surface area contributed by atoms with E-state index in [9.17, 15) is 0 Å². The van der Waals surface area contributed by atoms with E-state index < -0.39 is 0 Å². The molecule has 0 N–H and O–H groups in total. The van der Waals surface area contributed by atoms with Crippen LogP contribution in [0.25, 0.3) is 0 Å². The Morgan fingerprint density at radius 3 is 2.71 bits per heavy atom. The van der Waals surface area contributed by atoms with Gasteiger partial charge in [0, 0.05) is 25.7 Å². The van der Waals surface area contributed by atoms with E-state index in [1.807, 2.05) is 0 Å². The smallest absolute Gasteiger partial charge is 0.0871 e. The lowest BCUT2D eigenvalue weighted by atomic mass is 10.0. The molecule has 1 atom stereocenters. The topological polar surface area (TPSA) is 54.1 Å². The SMILES string of the molecule is N#CCN1CCN(CC#N)C(C2=CCC=C2)C1. The third kappa shape index (κ3) is 2.74. The maximum absolute atomic E-state index is 8.85. The molecule has 17 heavy (non-hydrogen) atoms. The summed E-state index contributed by atoms with van der Waals surface area (Å²) in [6, 6.07) is 4.70. The Morgan fingerprint density at radius 2 is 2.06 bits per heavy atom. The van der Waals surface area contributed by atoms with E-state index in [2.05, 4.69) is 40.2 Å². The highest BCUT2D eigenvalue weighted by Crippen LogP contribution is 2.21. The minimum atomic E-state index is 0.274. The van der Waals surface area contributed by atoms with E-state index in [1.165, 1.54) is 5.57 Å². The largest absolute Gasteiger partial charge is 0.287 e. The quantitative estimate of drug-likeness (QED) is 0.674. The standard InChI is InChI=1S/C13H16N4/c14-5-7-16-9-10-17(8-6-15)13(11-16)12-3-1-2-4-12/h1,3-4,13H,2,7-11H2. The highest BCUT2D eigenvalue weighted by atomic mass is 15.3. The molecule has 2 rings (SSSR count). The van der Waals surface area contributed by atoms with E-state index in [-0.39, 0.29) is 6.04 Å². The number of nitriles is 2. The fraction of sp³-hybridized carbons (Fsp3) is 0.538. The van der Waals surface area contributed by atoms with Gasteiger partial charge in [0.1, 0.15) is 0 Å². The molecule has 1 aliphatic carbocycles. The lowest BCUT2D eigenvalue weighted by Crippen LogP contribution is -2.53. The van der Waals surface area contributed by atoms with Gasteiger partial charge in [-0.15, -0.1) is 0 Å². The first-order valence-electron chi connectivity index (χ1n) is 5.92. The Kier molecular flexibility index (Phi) is 3.93. The molecule has 4 heteroatoms. The van der Waals surface area contributed by atoms with Crippen molar-refractivity contribution in [3.8, 4) is 12.1 Å². The number of allylic oxidation sites excluding steroid dienone is 2. The average molecular weight is 228 g/mol. The lowest BCUT2D eigenvalue weighted by Gasteiger charge is -2.39. The van der Waals surface area contributed by atoms with Gasteiger partial charge in [0.15, 0.2) is 0 Å². The van der Waals surface area contributed by atoms with Crippen LogP contribution in [0.1, 0.15) is 6.42 Å². The van der Waals surface area contributed by atoms with Crippen LogP contribution < -0.4 is 0 Å². The van der Waals surface area contributed by atoms with Gasteiger partial charge in [-0.3, -0.25) is 9.80 Å². The maximum Gasteiger partial charge on any atom is 0.0871 e. The summed E-state index contributed by atoms with van der Waals surface area (Å²) in [5, 5.41) is 17.6. The van der Waals surface area contributed by atoms with Crippen LogP contribution in [0.2, 0.25) is 0 Å². The number of piperazine rings is 1. The number of hydrogen-bond acceptors (Lipinski definition) is 4. The average Bonchev–Trinajstić information content (AvgIpc) is 2.85. The van der Waals surface area contributed by atoms with Crippen molar-refractivity contribution in [3.63, 3.8) is 0 Å². The van der Waals surface area contributed by atoms with Crippen LogP contribution in [-0.2, 0) is 0 Å². The van der Waals surface area contributed by atoms with E-state index in [1.54, 1.807) is 0 Å². The second-order valence-corrected chi connectivity index (χ2v) is 4.38. The van der Waals surface area contributed by atoms with Crippen LogP contribution in [0.5, 0.6) is 0 Å². The third-order valence-corrected chi connectivity index (χ3v) is 3.33. The van der Waals surface area contributed by atoms with Gasteiger partial charge in [-0.05, 0) is 12.0 Å². The molecule has 0 aromatic carbocycles. The van der Waals surface area contributed by atoms with Crippen LogP contribution in [0.4, 0.5) is 0 Å². The molecule has 1 aliphatic heterocycles. The predicted molar refractivity (Wildman–Crippen MR) is 64.9 cm³/mol. The van der Waals surface area contributed by atoms with Crippen molar-refractivity contribution in [2.45, 2.75) is 12.5 Å². The van der Waals surface area contributed by atoms with Gasteiger partial charge in [-0.1, -0.05) is 18.2 Å². The molecule has 0 saturated carbocycles. The van der Waals surface area contributed by atoms with Crippen LogP contribution in [0, 0.1) is 22.7 Å². The first-order valence-corrected chi connectivity index (χ1v) is 5.92. The van der Waals surface area contributed by atoms with Crippen molar-refractivity contribution in [3.05, 3.63) is 23.8 Å². The normalized spacial score (nSPS) is 25.3. The Hall–Kier alpha value is -1.62. The predicted octanol–water partition coefficient (Wildman–Crippen LogP) is 0.906. The second kappa shape index (κ2) is 5.63. The number of nitrogens with zero attached hydrogens (tertiary/aromatic N) is 4. The van der Waals surface area contributed by atoms with Crippen LogP contribution in [0.3, 0.4) is 0 Å². The second-order valence-electron chi connectivity index (χ2n) is 4.38. The first kappa shape index (κ1) is 11.9. The van der Waals surface area contributed by atoms with Gasteiger partial charge in [0.05, 0.1) is 25.2 Å². The minimum absolute atomic E-state index is 0.274. The molecule has 0 amide bonds. The Balaban J connectivity index is 2.08. The van der Waals surface area contributed by atoms with Crippen molar-refractivity contribution >= 4 is 0 Å². The van der Waals surface area contributed by atoms with Gasteiger partial charge >= 0.3 is 0 Å². The summed E-state index contributed by atoms with van der Waals surface area (Å²) in [7, 11) is 0. The van der Waals surface area contributed by atoms with Crippen LogP contribution >= 0.6 is 0 Å². The van der Waals surface area contributed by atoms with Gasteiger partial charge < -0.3 is 0 Å². The molecule has 1 unspecified atom stereocenters. The summed E-state index contributed by atoms with van der Waals surface area (Å²) < 4.78 is 0. The molecule has 0 spiro atoms. The molecule has 1 saturated heterocycles. The molecule has 0 aromatic rings. The van der Waals surface area contributed by atoms with Crippen LogP contribution in [-0.4, -0.2) is 48.6 Å². The van der Waals surface area contributed by atoms with Crippen LogP contribution in [0.15, 0.2) is 23.8 Å². The van der Waals surface area contributed by atoms with Crippen molar-refractivity contribution in [1.82, 2.24) is 9.80 Å². The molecule has 1 heterocycles. The molecule has 88 valence electrons. The number of hydrogen-bond donors (Lipinski definition) is 0. The van der Waals surface area contributed by atoms with Crippen molar-refractivity contribution in [2.24, 2.45) is 0 Å². The fourth-order valence-corrected chi connectivity index (χ4v) is 2.44. The van der Waals surface area contributed by atoms with Gasteiger partial charge in [-0.2, -0.15) is 10.5 Å². The molecule has 1 fully saturated rings. The van der Waals surface area contributed by atoms with Gasteiger partial charge in [0.2, 0.25) is 0 Å². The van der Waals surface area contributed by atoms with Gasteiger partial charge in [-0.25, -0.2) is 0 Å². The molecular formula is C13H16N4. The van der Waals surface area contributed by atoms with E-state index in [4.69, 9.17) is 10.5 Å². The van der Waals surface area contributed by atoms with E-state index in [0.717, 1.165) is 26.1 Å². The summed E-state index contributed by atoms with van der Waals surface area (Å²) in [5.74, 6) is 0. The van der Waals surface area contributed by atoms with E-state index >= 15 is 0 Å². The highest BCUT2D eigenvalue weighted by Gasteiger charge is 2.28. The molecule has 0 aromatic heterocycles. The molecule has 0 radical (unpaired) electrons. The first-order chi connectivity index (χ1) is 8.35. The Morgan fingerprint density at radius 1 is 1.24 bits per heavy atom. The Labute approximate surface area is 102 Å². The zero-order valence-corrected chi connectivity index (χ0v) is 9.84. The van der Waals surface area contributed by atoms with Crippen molar-refractivity contribution in [1.29, 1.82) is 10.5 Å². The minimum Gasteiger partial charge on any atom is -0.287 e. The zero-order valence-electron chi connectivity index (χ0n) is 9.84. The maximum atomic E-state index is 8.85. The summed E-state index contributed by atoms with van der Waals surface area (Å²) in [6.45, 7) is 3.55. The summed E-state index contributed by atoms with van der Waals surface area (Å²) in [5.41, 5.74) is 1.29. The molecule has 2 aliphatic rings. The lowest BCUT2D eigenvalue weighted by molar-refractivity contribution is 0.115. The summed E-state index contributed by atoms with van der Waals surface area (Å²) >= 11 is 0. The highest BCUT2D eigenvalue weighted by molar-refractivity contribution is 5.32. The molecular weight excluding hydrogens is 212 g/mol. The monoisotopic (exact) mass is 228 g/mol. The van der Waals surface area contributed by atoms with E-state index in [0.29, 0.717) is 13.1 Å². The molecule has 0 bridgehead atoms. The summed E-state index contributed by atoms with van der Waals surface area (Å²) in [6.07, 6.45) is 7.49. The fourth-order valence-electron chi connectivity index (χ4n) is 2.44. The zero-order chi connectivity index (χ0) is 12.1. The number of rotatable bonds is 3. The van der Waals surface area contributed by atoms with Crippen molar-refractivity contribution < 1.29 is 0 Å². The summed E-state index contributed by atoms with van der Waals surface area (Å²) in [4.78, 5) is 4.36.